The van der Waals surface area contributed by atoms with Gasteiger partial charge in [0.25, 0.3) is 0 Å². The zero-order chi connectivity index (χ0) is 20.8. The van der Waals surface area contributed by atoms with Gasteiger partial charge < -0.3 is 9.64 Å². The van der Waals surface area contributed by atoms with Gasteiger partial charge in [-0.25, -0.2) is 4.68 Å². The highest BCUT2D eigenvalue weighted by atomic mass is 16.5. The molecule has 3 aromatic rings. The van der Waals surface area contributed by atoms with Crippen LogP contribution in [-0.2, 0) is 20.9 Å². The summed E-state index contributed by atoms with van der Waals surface area (Å²) in [4.78, 5) is 26.2. The van der Waals surface area contributed by atoms with Crippen molar-refractivity contribution in [1.29, 1.82) is 0 Å². The van der Waals surface area contributed by atoms with Gasteiger partial charge in [-0.2, -0.15) is 5.10 Å². The molecule has 6 nitrogen and oxygen atoms in total. The van der Waals surface area contributed by atoms with Crippen molar-refractivity contribution in [3.8, 4) is 16.9 Å². The number of aromatic nitrogens is 2. The van der Waals surface area contributed by atoms with Crippen molar-refractivity contribution in [3.05, 3.63) is 72.4 Å². The quantitative estimate of drug-likeness (QED) is 0.584. The number of hydrogen-bond acceptors (Lipinski definition) is 4. The molecule has 1 fully saturated rings. The highest BCUT2D eigenvalue weighted by Gasteiger charge is 2.21. The molecule has 1 aliphatic rings. The van der Waals surface area contributed by atoms with Gasteiger partial charge >= 0.3 is 5.97 Å². The molecule has 0 radical (unpaired) electrons. The smallest absolute Gasteiger partial charge is 0.325 e. The second-order valence-electron chi connectivity index (χ2n) is 7.44. The molecule has 30 heavy (non-hydrogen) atoms. The Morgan fingerprint density at radius 3 is 2.47 bits per heavy atom. The van der Waals surface area contributed by atoms with Crippen LogP contribution in [0.3, 0.4) is 0 Å². The fourth-order valence-electron chi connectivity index (χ4n) is 3.63. The first-order chi connectivity index (χ1) is 14.7. The highest BCUT2D eigenvalue weighted by molar-refractivity contribution is 5.82. The largest absolute Gasteiger partial charge is 0.459 e. The molecule has 2 aromatic carbocycles. The van der Waals surface area contributed by atoms with Gasteiger partial charge in [0.15, 0.2) is 0 Å². The molecule has 1 saturated heterocycles. The average molecular weight is 403 g/mol. The summed E-state index contributed by atoms with van der Waals surface area (Å²) in [6.07, 6.45) is 5.25. The lowest BCUT2D eigenvalue weighted by molar-refractivity contribution is -0.150. The highest BCUT2D eigenvalue weighted by Crippen LogP contribution is 2.24. The first kappa shape index (κ1) is 19.9. The Kier molecular flexibility index (Phi) is 6.23. The lowest BCUT2D eigenvalue weighted by atomic mass is 10.1. The summed E-state index contributed by atoms with van der Waals surface area (Å²) in [6, 6.07) is 19.7. The van der Waals surface area contributed by atoms with Crippen molar-refractivity contribution in [2.45, 2.75) is 32.3 Å². The summed E-state index contributed by atoms with van der Waals surface area (Å²) >= 11 is 0. The summed E-state index contributed by atoms with van der Waals surface area (Å²) in [6.45, 7) is 0.736. The minimum atomic E-state index is -0.392. The van der Waals surface area contributed by atoms with Gasteiger partial charge in [0, 0.05) is 30.3 Å². The summed E-state index contributed by atoms with van der Waals surface area (Å²) in [7, 11) is 0. The Bertz CT molecular complexity index is 999. The van der Waals surface area contributed by atoms with Crippen LogP contribution in [0.25, 0.3) is 16.9 Å². The summed E-state index contributed by atoms with van der Waals surface area (Å²) in [5, 5.41) is 4.73. The van der Waals surface area contributed by atoms with E-state index >= 15 is 0 Å². The van der Waals surface area contributed by atoms with Crippen molar-refractivity contribution in [1.82, 2.24) is 14.7 Å². The Morgan fingerprint density at radius 2 is 1.70 bits per heavy atom. The van der Waals surface area contributed by atoms with E-state index < -0.39 is 5.97 Å². The van der Waals surface area contributed by atoms with Gasteiger partial charge in [-0.05, 0) is 25.0 Å². The molecule has 1 amide bonds. The predicted molar refractivity (Wildman–Crippen MR) is 114 cm³/mol. The van der Waals surface area contributed by atoms with E-state index in [-0.39, 0.29) is 19.1 Å². The van der Waals surface area contributed by atoms with Crippen molar-refractivity contribution in [2.24, 2.45) is 0 Å². The molecule has 0 spiro atoms. The monoisotopic (exact) mass is 403 g/mol. The maximum absolute atomic E-state index is 12.4. The Morgan fingerprint density at radius 1 is 0.967 bits per heavy atom. The molecule has 0 bridgehead atoms. The van der Waals surface area contributed by atoms with Crippen LogP contribution in [0.4, 0.5) is 0 Å². The number of esters is 1. The average Bonchev–Trinajstić information content (AvgIpc) is 3.12. The van der Waals surface area contributed by atoms with Gasteiger partial charge in [0.05, 0.1) is 11.4 Å². The van der Waals surface area contributed by atoms with E-state index in [0.29, 0.717) is 13.0 Å². The van der Waals surface area contributed by atoms with E-state index in [0.717, 1.165) is 41.8 Å². The number of benzene rings is 2. The van der Waals surface area contributed by atoms with E-state index in [2.05, 4.69) is 0 Å². The number of para-hydroxylation sites is 1. The van der Waals surface area contributed by atoms with E-state index in [4.69, 9.17) is 9.84 Å². The fourth-order valence-corrected chi connectivity index (χ4v) is 3.63. The lowest BCUT2D eigenvalue weighted by Crippen LogP contribution is -2.35. The van der Waals surface area contributed by atoms with Gasteiger partial charge in [-0.15, -0.1) is 0 Å². The molecule has 1 aromatic heterocycles. The number of amides is 1. The number of nitrogens with zero attached hydrogens (tertiary/aromatic N) is 3. The fraction of sp³-hybridized carbons (Fsp3) is 0.292. The van der Waals surface area contributed by atoms with E-state index in [1.807, 2.05) is 66.9 Å². The second-order valence-corrected chi connectivity index (χ2v) is 7.44. The molecule has 0 unspecified atom stereocenters. The van der Waals surface area contributed by atoms with Crippen LogP contribution in [0.15, 0.2) is 66.9 Å². The molecule has 0 aliphatic carbocycles. The normalized spacial score (nSPS) is 14.4. The summed E-state index contributed by atoms with van der Waals surface area (Å²) < 4.78 is 7.34. The van der Waals surface area contributed by atoms with E-state index in [1.165, 1.54) is 0 Å². The molecule has 1 aliphatic heterocycles. The van der Waals surface area contributed by atoms with Crippen LogP contribution in [0.2, 0.25) is 0 Å². The first-order valence-corrected chi connectivity index (χ1v) is 10.3. The van der Waals surface area contributed by atoms with Crippen molar-refractivity contribution in [3.63, 3.8) is 0 Å². The van der Waals surface area contributed by atoms with Crippen LogP contribution in [0.1, 0.15) is 31.2 Å². The third kappa shape index (κ3) is 4.76. The summed E-state index contributed by atoms with van der Waals surface area (Å²) in [5.41, 5.74) is 3.49. The standard InChI is InChI=1S/C24H25N3O3/c28-22-14-8-3-9-15-26(22)17-23(29)30-18-20-16-27(21-12-6-2-7-13-21)25-24(20)19-10-4-1-5-11-19/h1-2,4-7,10-13,16H,3,8-9,14-15,17-18H2. The molecular weight excluding hydrogens is 378 g/mol. The van der Waals surface area contributed by atoms with Crippen LogP contribution in [-0.4, -0.2) is 39.6 Å². The minimum Gasteiger partial charge on any atom is -0.459 e. The van der Waals surface area contributed by atoms with Gasteiger partial charge in [-0.1, -0.05) is 55.0 Å². The minimum absolute atomic E-state index is 0.00628. The molecule has 0 atom stereocenters. The maximum atomic E-state index is 12.4. The lowest BCUT2D eigenvalue weighted by Gasteiger charge is -2.19. The van der Waals surface area contributed by atoms with E-state index in [9.17, 15) is 9.59 Å². The number of likely N-dealkylation sites (tertiary alicyclic amines) is 1. The third-order valence-corrected chi connectivity index (χ3v) is 5.24. The van der Waals surface area contributed by atoms with Crippen molar-refractivity contribution >= 4 is 11.9 Å². The number of carbonyl (C=O) groups excluding carboxylic acids is 2. The molecular formula is C24H25N3O3. The van der Waals surface area contributed by atoms with Gasteiger partial charge in [-0.3, -0.25) is 9.59 Å². The Hall–Kier alpha value is -3.41. The zero-order valence-corrected chi connectivity index (χ0v) is 16.9. The molecule has 6 heteroatoms. The van der Waals surface area contributed by atoms with Crippen LogP contribution < -0.4 is 0 Å². The number of hydrogen-bond donors (Lipinski definition) is 0. The number of rotatable bonds is 6. The predicted octanol–water partition coefficient (Wildman–Crippen LogP) is 3.99. The SMILES string of the molecule is O=C(CN1CCCCCC1=O)OCc1cn(-c2ccccc2)nc1-c1ccccc1. The molecule has 0 N–H and O–H groups in total. The number of ether oxygens (including phenoxy) is 1. The van der Waals surface area contributed by atoms with Crippen LogP contribution in [0, 0.1) is 0 Å². The number of carbonyl (C=O) groups is 2. The Balaban J connectivity index is 1.50. The zero-order valence-electron chi connectivity index (χ0n) is 16.9. The molecule has 2 heterocycles. The van der Waals surface area contributed by atoms with Crippen molar-refractivity contribution in [2.75, 3.05) is 13.1 Å². The third-order valence-electron chi connectivity index (χ3n) is 5.24. The van der Waals surface area contributed by atoms with Crippen LogP contribution in [0.5, 0.6) is 0 Å². The second kappa shape index (κ2) is 9.39. The Labute approximate surface area is 176 Å². The summed E-state index contributed by atoms with van der Waals surface area (Å²) in [5.74, 6) is -0.358. The topological polar surface area (TPSA) is 64.4 Å². The first-order valence-electron chi connectivity index (χ1n) is 10.3. The molecule has 4 rings (SSSR count). The van der Waals surface area contributed by atoms with Crippen LogP contribution >= 0.6 is 0 Å². The maximum Gasteiger partial charge on any atom is 0.325 e. The van der Waals surface area contributed by atoms with Gasteiger partial charge in [0.2, 0.25) is 5.91 Å². The molecule has 154 valence electrons. The molecule has 0 saturated carbocycles. The van der Waals surface area contributed by atoms with E-state index in [1.54, 1.807) is 9.58 Å². The van der Waals surface area contributed by atoms with Crippen molar-refractivity contribution < 1.29 is 14.3 Å². The van der Waals surface area contributed by atoms with Gasteiger partial charge in [0.1, 0.15) is 13.2 Å².